The number of aromatic nitrogens is 3. The molecule has 0 aliphatic rings. The second-order valence-corrected chi connectivity index (χ2v) is 3.81. The fourth-order valence-electron chi connectivity index (χ4n) is 1.55. The number of nitrogens with zero attached hydrogens (tertiary/aromatic N) is 3. The molecule has 0 fully saturated rings. The first-order valence-electron chi connectivity index (χ1n) is 5.59. The molecule has 17 heavy (non-hydrogen) atoms. The molecule has 7 nitrogen and oxygen atoms in total. The van der Waals surface area contributed by atoms with E-state index in [-0.39, 0.29) is 24.4 Å². The summed E-state index contributed by atoms with van der Waals surface area (Å²) in [4.78, 5) is 15.4. The summed E-state index contributed by atoms with van der Waals surface area (Å²) in [6.07, 6.45) is 3.31. The zero-order valence-electron chi connectivity index (χ0n) is 10.2. The van der Waals surface area contributed by atoms with E-state index in [1.54, 1.807) is 7.11 Å². The van der Waals surface area contributed by atoms with Crippen molar-refractivity contribution in [2.45, 2.75) is 32.4 Å². The minimum absolute atomic E-state index is 0.0402. The molecule has 1 aromatic heterocycles. The first-order valence-corrected chi connectivity index (χ1v) is 5.59. The molecule has 0 bridgehead atoms. The molecule has 0 aliphatic carbocycles. The number of hydrogen-bond donors (Lipinski definition) is 2. The average Bonchev–Trinajstić information content (AvgIpc) is 2.64. The van der Waals surface area contributed by atoms with Gasteiger partial charge in [-0.2, -0.15) is 0 Å². The number of anilines is 1. The smallest absolute Gasteiger partial charge is 0.242 e. The van der Waals surface area contributed by atoms with Crippen molar-refractivity contribution in [3.63, 3.8) is 0 Å². The van der Waals surface area contributed by atoms with Crippen LogP contribution in [0.2, 0.25) is 0 Å². The normalized spacial score (nSPS) is 12.4. The van der Waals surface area contributed by atoms with Crippen LogP contribution in [0.15, 0.2) is 6.33 Å². The maximum atomic E-state index is 11.7. The van der Waals surface area contributed by atoms with E-state index in [4.69, 9.17) is 10.5 Å². The van der Waals surface area contributed by atoms with Crippen LogP contribution in [-0.2, 0) is 16.1 Å². The van der Waals surface area contributed by atoms with Crippen LogP contribution in [0.25, 0.3) is 0 Å². The van der Waals surface area contributed by atoms with Gasteiger partial charge in [0.1, 0.15) is 12.9 Å². The molecule has 0 aliphatic heterocycles. The van der Waals surface area contributed by atoms with Gasteiger partial charge in [0, 0.05) is 7.11 Å². The van der Waals surface area contributed by atoms with Crippen LogP contribution >= 0.6 is 0 Å². The van der Waals surface area contributed by atoms with Crippen LogP contribution in [0, 0.1) is 0 Å². The number of amides is 1. The zero-order valence-corrected chi connectivity index (χ0v) is 10.2. The lowest BCUT2D eigenvalue weighted by atomic mass is 10.2. The topological polar surface area (TPSA) is 95.1 Å². The summed E-state index contributed by atoms with van der Waals surface area (Å²) in [6, 6.07) is 0.0402. The summed E-state index contributed by atoms with van der Waals surface area (Å²) >= 11 is 0. The van der Waals surface area contributed by atoms with Gasteiger partial charge in [-0.3, -0.25) is 4.79 Å². The third-order valence-corrected chi connectivity index (χ3v) is 2.23. The molecule has 1 atom stereocenters. The van der Waals surface area contributed by atoms with E-state index in [1.165, 1.54) is 11.0 Å². The molecular formula is C10H19N5O2. The summed E-state index contributed by atoms with van der Waals surface area (Å²) in [5.41, 5.74) is 5.36. The Morgan fingerprint density at radius 1 is 1.71 bits per heavy atom. The second kappa shape index (κ2) is 6.85. The highest BCUT2D eigenvalue weighted by molar-refractivity contribution is 5.75. The maximum Gasteiger partial charge on any atom is 0.242 e. The Balaban J connectivity index is 2.41. The minimum atomic E-state index is -0.120. The molecule has 0 radical (unpaired) electrons. The van der Waals surface area contributed by atoms with Crippen molar-refractivity contribution in [1.82, 2.24) is 20.1 Å². The molecule has 1 unspecified atom stereocenters. The molecule has 0 spiro atoms. The minimum Gasteiger partial charge on any atom is -0.383 e. The largest absolute Gasteiger partial charge is 0.383 e. The number of nitrogens with two attached hydrogens (primary N) is 1. The van der Waals surface area contributed by atoms with Gasteiger partial charge in [-0.05, 0) is 6.42 Å². The number of carbonyl (C=O) groups is 1. The molecule has 1 aromatic rings. The van der Waals surface area contributed by atoms with Crippen molar-refractivity contribution < 1.29 is 9.53 Å². The molecule has 3 N–H and O–H groups in total. The van der Waals surface area contributed by atoms with Crippen molar-refractivity contribution in [3.8, 4) is 0 Å². The average molecular weight is 241 g/mol. The Bertz CT molecular complexity index is 346. The molecule has 0 saturated carbocycles. The van der Waals surface area contributed by atoms with Crippen LogP contribution in [0.1, 0.15) is 19.8 Å². The lowest BCUT2D eigenvalue weighted by Crippen LogP contribution is -2.39. The SMILES string of the molecule is CCCC(COC)NC(=O)Cn1cnc(N)n1. The predicted octanol–water partition coefficient (Wildman–Crippen LogP) is -0.208. The highest BCUT2D eigenvalue weighted by Gasteiger charge is 2.12. The van der Waals surface area contributed by atoms with Gasteiger partial charge in [0.2, 0.25) is 11.9 Å². The van der Waals surface area contributed by atoms with Crippen LogP contribution in [-0.4, -0.2) is 40.4 Å². The highest BCUT2D eigenvalue weighted by atomic mass is 16.5. The van der Waals surface area contributed by atoms with Crippen molar-refractivity contribution in [2.24, 2.45) is 0 Å². The third-order valence-electron chi connectivity index (χ3n) is 2.23. The van der Waals surface area contributed by atoms with Gasteiger partial charge in [-0.15, -0.1) is 5.10 Å². The van der Waals surface area contributed by atoms with Crippen molar-refractivity contribution in [1.29, 1.82) is 0 Å². The van der Waals surface area contributed by atoms with Gasteiger partial charge in [-0.25, -0.2) is 9.67 Å². The van der Waals surface area contributed by atoms with Crippen molar-refractivity contribution >= 4 is 11.9 Å². The fraction of sp³-hybridized carbons (Fsp3) is 0.700. The van der Waals surface area contributed by atoms with E-state index >= 15 is 0 Å². The van der Waals surface area contributed by atoms with Crippen LogP contribution < -0.4 is 11.1 Å². The number of hydrogen-bond acceptors (Lipinski definition) is 5. The van der Waals surface area contributed by atoms with Gasteiger partial charge in [0.05, 0.1) is 12.6 Å². The van der Waals surface area contributed by atoms with E-state index in [1.807, 2.05) is 0 Å². The second-order valence-electron chi connectivity index (χ2n) is 3.81. The molecule has 1 amide bonds. The molecule has 0 saturated heterocycles. The monoisotopic (exact) mass is 241 g/mol. The van der Waals surface area contributed by atoms with Crippen molar-refractivity contribution in [2.75, 3.05) is 19.5 Å². The number of carbonyl (C=O) groups excluding carboxylic acids is 1. The first-order chi connectivity index (χ1) is 8.15. The standard InChI is InChI=1S/C10H19N5O2/c1-3-4-8(6-17-2)13-9(16)5-15-7-12-10(11)14-15/h7-8H,3-6H2,1-2H3,(H2,11,14)(H,13,16). The molecule has 0 aromatic carbocycles. The number of methoxy groups -OCH3 is 1. The maximum absolute atomic E-state index is 11.7. The van der Waals surface area contributed by atoms with Crippen LogP contribution in [0.5, 0.6) is 0 Å². The van der Waals surface area contributed by atoms with Crippen molar-refractivity contribution in [3.05, 3.63) is 6.33 Å². The molecule has 1 rings (SSSR count). The summed E-state index contributed by atoms with van der Waals surface area (Å²) in [7, 11) is 1.62. The quantitative estimate of drug-likeness (QED) is 0.689. The predicted molar refractivity (Wildman–Crippen MR) is 63.1 cm³/mol. The Hall–Kier alpha value is -1.63. The lowest BCUT2D eigenvalue weighted by molar-refractivity contribution is -0.123. The Labute approximate surface area is 100 Å². The van der Waals surface area contributed by atoms with Gasteiger partial charge >= 0.3 is 0 Å². The Morgan fingerprint density at radius 2 is 2.47 bits per heavy atom. The van der Waals surface area contributed by atoms with E-state index < -0.39 is 0 Å². The third kappa shape index (κ3) is 4.81. The fourth-order valence-corrected chi connectivity index (χ4v) is 1.55. The van der Waals surface area contributed by atoms with Crippen LogP contribution in [0.4, 0.5) is 5.95 Å². The zero-order chi connectivity index (χ0) is 12.7. The number of nitrogens with one attached hydrogen (secondary N) is 1. The summed E-state index contributed by atoms with van der Waals surface area (Å²) in [6.45, 7) is 2.69. The van der Waals surface area contributed by atoms with E-state index in [0.29, 0.717) is 6.61 Å². The number of rotatable bonds is 7. The van der Waals surface area contributed by atoms with E-state index in [0.717, 1.165) is 12.8 Å². The lowest BCUT2D eigenvalue weighted by Gasteiger charge is -2.16. The Kier molecular flexibility index (Phi) is 5.41. The van der Waals surface area contributed by atoms with Gasteiger partial charge < -0.3 is 15.8 Å². The van der Waals surface area contributed by atoms with E-state index in [9.17, 15) is 4.79 Å². The summed E-state index contributed by atoms with van der Waals surface area (Å²) in [5.74, 6) is 0.0465. The number of ether oxygens (including phenoxy) is 1. The molecule has 96 valence electrons. The van der Waals surface area contributed by atoms with Crippen LogP contribution in [0.3, 0.4) is 0 Å². The molecule has 7 heteroatoms. The summed E-state index contributed by atoms with van der Waals surface area (Å²) in [5, 5.41) is 6.72. The Morgan fingerprint density at radius 3 is 3.00 bits per heavy atom. The molecule has 1 heterocycles. The first kappa shape index (κ1) is 13.4. The van der Waals surface area contributed by atoms with Gasteiger partial charge in [0.15, 0.2) is 0 Å². The summed E-state index contributed by atoms with van der Waals surface area (Å²) < 4.78 is 6.45. The van der Waals surface area contributed by atoms with Gasteiger partial charge in [-0.1, -0.05) is 13.3 Å². The number of nitrogen functional groups attached to an aromatic ring is 1. The van der Waals surface area contributed by atoms with Gasteiger partial charge in [0.25, 0.3) is 0 Å². The molecular weight excluding hydrogens is 222 g/mol. The van der Waals surface area contributed by atoms with E-state index in [2.05, 4.69) is 22.3 Å². The highest BCUT2D eigenvalue weighted by Crippen LogP contribution is 1.98.